The van der Waals surface area contributed by atoms with Crippen molar-refractivity contribution in [2.75, 3.05) is 20.2 Å². The van der Waals surface area contributed by atoms with Crippen molar-refractivity contribution < 1.29 is 4.74 Å². The summed E-state index contributed by atoms with van der Waals surface area (Å²) >= 11 is 0. The number of likely N-dealkylation sites (tertiary alicyclic amines) is 1. The summed E-state index contributed by atoms with van der Waals surface area (Å²) < 4.78 is 7.28. The van der Waals surface area contributed by atoms with Gasteiger partial charge in [-0.3, -0.25) is 9.58 Å². The lowest BCUT2D eigenvalue weighted by Crippen LogP contribution is -2.50. The molecule has 3 rings (SSSR count). The first-order valence-electron chi connectivity index (χ1n) is 7.00. The minimum absolute atomic E-state index is 0.403. The van der Waals surface area contributed by atoms with E-state index in [-0.39, 0.29) is 0 Å². The van der Waals surface area contributed by atoms with Gasteiger partial charge in [-0.15, -0.1) is 0 Å². The fourth-order valence-corrected chi connectivity index (χ4v) is 2.75. The molecule has 0 bridgehead atoms. The smallest absolute Gasteiger partial charge is 0.0825 e. The highest BCUT2D eigenvalue weighted by Gasteiger charge is 2.26. The predicted molar refractivity (Wildman–Crippen MR) is 79.5 cm³/mol. The average molecular weight is 271 g/mol. The van der Waals surface area contributed by atoms with Crippen LogP contribution in [-0.2, 0) is 18.3 Å². The number of methoxy groups -OCH3 is 1. The quantitative estimate of drug-likeness (QED) is 0.854. The van der Waals surface area contributed by atoms with E-state index < -0.39 is 0 Å². The maximum absolute atomic E-state index is 5.34. The largest absolute Gasteiger partial charge is 0.379 e. The molecule has 0 saturated carbocycles. The third kappa shape index (κ3) is 2.49. The molecule has 0 spiro atoms. The molecular weight excluding hydrogens is 250 g/mol. The lowest BCUT2D eigenvalue weighted by molar-refractivity contribution is -0.0333. The van der Waals surface area contributed by atoms with Crippen molar-refractivity contribution in [2.24, 2.45) is 7.05 Å². The minimum atomic E-state index is 0.403. The Kier molecular flexibility index (Phi) is 3.59. The Hall–Kier alpha value is -1.65. The van der Waals surface area contributed by atoms with Gasteiger partial charge < -0.3 is 4.74 Å². The van der Waals surface area contributed by atoms with Crippen molar-refractivity contribution in [3.05, 3.63) is 41.6 Å². The Morgan fingerprint density at radius 3 is 2.75 bits per heavy atom. The molecule has 0 atom stereocenters. The van der Waals surface area contributed by atoms with E-state index in [1.54, 1.807) is 7.11 Å². The number of hydrogen-bond donors (Lipinski definition) is 0. The second-order valence-corrected chi connectivity index (χ2v) is 5.55. The van der Waals surface area contributed by atoms with Crippen molar-refractivity contribution in [1.82, 2.24) is 14.7 Å². The first-order valence-corrected chi connectivity index (χ1v) is 7.00. The summed E-state index contributed by atoms with van der Waals surface area (Å²) in [4.78, 5) is 2.42. The summed E-state index contributed by atoms with van der Waals surface area (Å²) in [6.45, 7) is 5.15. The fourth-order valence-electron chi connectivity index (χ4n) is 2.75. The first kappa shape index (κ1) is 13.3. The van der Waals surface area contributed by atoms with E-state index in [2.05, 4.69) is 41.2 Å². The van der Waals surface area contributed by atoms with Gasteiger partial charge in [0.25, 0.3) is 0 Å². The topological polar surface area (TPSA) is 30.3 Å². The number of rotatable bonds is 4. The maximum Gasteiger partial charge on any atom is 0.0825 e. The molecule has 2 heterocycles. The molecule has 1 aromatic heterocycles. The van der Waals surface area contributed by atoms with Crippen LogP contribution in [-0.4, -0.2) is 41.0 Å². The molecule has 1 fully saturated rings. The zero-order valence-corrected chi connectivity index (χ0v) is 12.3. The van der Waals surface area contributed by atoms with E-state index in [0.717, 1.165) is 19.6 Å². The van der Waals surface area contributed by atoms with Crippen LogP contribution in [0.4, 0.5) is 0 Å². The Morgan fingerprint density at radius 1 is 1.30 bits per heavy atom. The number of ether oxygens (including phenoxy) is 1. The van der Waals surface area contributed by atoms with Gasteiger partial charge in [0.1, 0.15) is 0 Å². The van der Waals surface area contributed by atoms with E-state index in [9.17, 15) is 0 Å². The maximum atomic E-state index is 5.34. The van der Waals surface area contributed by atoms with Crippen LogP contribution in [0.5, 0.6) is 0 Å². The van der Waals surface area contributed by atoms with Crippen LogP contribution in [0.25, 0.3) is 11.3 Å². The summed E-state index contributed by atoms with van der Waals surface area (Å²) in [6, 6.07) is 8.74. The summed E-state index contributed by atoms with van der Waals surface area (Å²) in [6.07, 6.45) is 2.26. The highest BCUT2D eigenvalue weighted by Crippen LogP contribution is 2.27. The number of aromatic nitrogens is 2. The number of aryl methyl sites for hydroxylation is 2. The van der Waals surface area contributed by atoms with Crippen LogP contribution >= 0.6 is 0 Å². The zero-order valence-electron chi connectivity index (χ0n) is 12.3. The second-order valence-electron chi connectivity index (χ2n) is 5.55. The molecule has 0 unspecified atom stereocenters. The van der Waals surface area contributed by atoms with Gasteiger partial charge in [-0.25, -0.2) is 0 Å². The van der Waals surface area contributed by atoms with Gasteiger partial charge >= 0.3 is 0 Å². The van der Waals surface area contributed by atoms with Gasteiger partial charge in [-0.2, -0.15) is 5.10 Å². The standard InChI is InChI=1S/C16H21N3O/c1-12-4-5-13(9-19-10-14(11-19)20-3)15(8-12)16-6-7-17-18(16)2/h4-8,14H,9-11H2,1-3H3. The molecule has 20 heavy (non-hydrogen) atoms. The summed E-state index contributed by atoms with van der Waals surface area (Å²) in [5, 5.41) is 4.29. The molecule has 4 nitrogen and oxygen atoms in total. The highest BCUT2D eigenvalue weighted by atomic mass is 16.5. The van der Waals surface area contributed by atoms with Crippen molar-refractivity contribution in [3.63, 3.8) is 0 Å². The first-order chi connectivity index (χ1) is 9.67. The molecule has 1 aliphatic rings. The van der Waals surface area contributed by atoms with E-state index in [1.165, 1.54) is 22.4 Å². The molecule has 0 aliphatic carbocycles. The van der Waals surface area contributed by atoms with Crippen LogP contribution < -0.4 is 0 Å². The number of benzene rings is 1. The Labute approximate surface area is 120 Å². The zero-order chi connectivity index (χ0) is 14.1. The Bertz CT molecular complexity index is 600. The third-order valence-electron chi connectivity index (χ3n) is 4.01. The van der Waals surface area contributed by atoms with Crippen LogP contribution in [0, 0.1) is 6.92 Å². The van der Waals surface area contributed by atoms with Crippen LogP contribution in [0.15, 0.2) is 30.5 Å². The average Bonchev–Trinajstić information content (AvgIpc) is 2.81. The molecule has 0 radical (unpaired) electrons. The Morgan fingerprint density at radius 2 is 2.10 bits per heavy atom. The summed E-state index contributed by atoms with van der Waals surface area (Å²) in [7, 11) is 3.78. The summed E-state index contributed by atoms with van der Waals surface area (Å²) in [5.41, 5.74) is 5.09. The fraction of sp³-hybridized carbons (Fsp3) is 0.438. The van der Waals surface area contributed by atoms with Crippen molar-refractivity contribution >= 4 is 0 Å². The second kappa shape index (κ2) is 5.38. The minimum Gasteiger partial charge on any atom is -0.379 e. The molecule has 2 aromatic rings. The van der Waals surface area contributed by atoms with Gasteiger partial charge in [-0.05, 0) is 24.6 Å². The highest BCUT2D eigenvalue weighted by molar-refractivity contribution is 5.64. The van der Waals surface area contributed by atoms with Crippen LogP contribution in [0.3, 0.4) is 0 Å². The van der Waals surface area contributed by atoms with E-state index >= 15 is 0 Å². The van der Waals surface area contributed by atoms with Gasteiger partial charge in [0.2, 0.25) is 0 Å². The van der Waals surface area contributed by atoms with Crippen LogP contribution in [0.2, 0.25) is 0 Å². The third-order valence-corrected chi connectivity index (χ3v) is 4.01. The number of hydrogen-bond acceptors (Lipinski definition) is 3. The van der Waals surface area contributed by atoms with Crippen molar-refractivity contribution in [3.8, 4) is 11.3 Å². The molecule has 0 amide bonds. The predicted octanol–water partition coefficient (Wildman–Crippen LogP) is 2.23. The van der Waals surface area contributed by atoms with Crippen molar-refractivity contribution in [1.29, 1.82) is 0 Å². The molecule has 1 aliphatic heterocycles. The molecular formula is C16H21N3O. The van der Waals surface area contributed by atoms with Gasteiger partial charge in [-0.1, -0.05) is 17.7 Å². The molecule has 4 heteroatoms. The molecule has 1 saturated heterocycles. The van der Waals surface area contributed by atoms with E-state index in [0.29, 0.717) is 6.10 Å². The Balaban J connectivity index is 1.86. The van der Waals surface area contributed by atoms with E-state index in [4.69, 9.17) is 4.74 Å². The normalized spacial score (nSPS) is 16.4. The molecule has 1 aromatic carbocycles. The summed E-state index contributed by atoms with van der Waals surface area (Å²) in [5.74, 6) is 0. The lowest BCUT2D eigenvalue weighted by atomic mass is 9.99. The SMILES string of the molecule is COC1CN(Cc2ccc(C)cc2-c2ccnn2C)C1. The van der Waals surface area contributed by atoms with Crippen LogP contribution in [0.1, 0.15) is 11.1 Å². The van der Waals surface area contributed by atoms with Gasteiger partial charge in [0.15, 0.2) is 0 Å². The van der Waals surface area contributed by atoms with Crippen molar-refractivity contribution in [2.45, 2.75) is 19.6 Å². The molecule has 106 valence electrons. The van der Waals surface area contributed by atoms with Gasteiger partial charge in [0.05, 0.1) is 11.8 Å². The monoisotopic (exact) mass is 271 g/mol. The molecule has 0 N–H and O–H groups in total. The lowest BCUT2D eigenvalue weighted by Gasteiger charge is -2.38. The van der Waals surface area contributed by atoms with Gasteiger partial charge in [0, 0.05) is 45.6 Å². The number of nitrogens with zero attached hydrogens (tertiary/aromatic N) is 3. The van der Waals surface area contributed by atoms with E-state index in [1.807, 2.05) is 17.9 Å².